The molecule has 4 aromatic rings. The molecule has 4 aromatic carbocycles. The molecule has 5 rings (SSSR count). The van der Waals surface area contributed by atoms with Gasteiger partial charge in [0.15, 0.2) is 0 Å². The van der Waals surface area contributed by atoms with Crippen molar-refractivity contribution in [3.05, 3.63) is 108 Å². The molecule has 1 aliphatic carbocycles. The number of hydrogen-bond donors (Lipinski definition) is 7. The largest absolute Gasteiger partial charge is 0.508 e. The van der Waals surface area contributed by atoms with Gasteiger partial charge in [-0.25, -0.2) is 5.09 Å². The van der Waals surface area contributed by atoms with Crippen molar-refractivity contribution in [3.8, 4) is 11.5 Å². The number of methoxy groups -OCH3 is 1. The van der Waals surface area contributed by atoms with Crippen LogP contribution < -0.4 is 36.6 Å². The third kappa shape index (κ3) is 13.6. The molecule has 17 heteroatoms. The summed E-state index contributed by atoms with van der Waals surface area (Å²) in [6.45, 7) is 2.97. The summed E-state index contributed by atoms with van der Waals surface area (Å²) in [5, 5.41) is 26.3. The number of amides is 5. The summed E-state index contributed by atoms with van der Waals surface area (Å²) in [7, 11) is -2.49. The SMILES string of the molecule is COC(=O)[C@H](C)NP(=O)(Cc1ccc(C[C@H](NC(C)=O)C(=O)NC2(C(=O)N[C@@H](CC(N)=O)C(=O)NCCCc3c(O)ccc4ccccc34)CCCCC2)cc1)Oc1ccccc1. The molecular weight excluding hydrogens is 828 g/mol. The van der Waals surface area contributed by atoms with Crippen LogP contribution in [0.15, 0.2) is 91.0 Å². The minimum Gasteiger partial charge on any atom is -0.508 e. The number of rotatable bonds is 21. The number of ether oxygens (including phenoxy) is 1. The predicted molar refractivity (Wildman–Crippen MR) is 237 cm³/mol. The maximum atomic E-state index is 14.2. The fourth-order valence-electron chi connectivity index (χ4n) is 7.77. The molecule has 0 heterocycles. The minimum absolute atomic E-state index is 0.0302. The number of primary amides is 1. The van der Waals surface area contributed by atoms with Crippen LogP contribution >= 0.6 is 7.52 Å². The number of aromatic hydroxyl groups is 1. The molecule has 0 spiro atoms. The number of nitrogens with one attached hydrogen (secondary N) is 5. The smallest absolute Gasteiger partial charge is 0.323 e. The van der Waals surface area contributed by atoms with E-state index in [4.69, 9.17) is 15.0 Å². The van der Waals surface area contributed by atoms with Crippen LogP contribution in [0.2, 0.25) is 0 Å². The first-order valence-corrected chi connectivity index (χ1v) is 22.8. The number of hydrogen-bond acceptors (Lipinski definition) is 10. The molecule has 16 nitrogen and oxygen atoms in total. The van der Waals surface area contributed by atoms with E-state index in [0.717, 1.165) is 22.8 Å². The van der Waals surface area contributed by atoms with Gasteiger partial charge >= 0.3 is 13.5 Å². The second kappa shape index (κ2) is 22.2. The molecule has 1 unspecified atom stereocenters. The lowest BCUT2D eigenvalue weighted by molar-refractivity contribution is -0.142. The summed E-state index contributed by atoms with van der Waals surface area (Å²) in [6, 6.07) is 23.1. The van der Waals surface area contributed by atoms with Gasteiger partial charge in [0.2, 0.25) is 29.5 Å². The first-order valence-electron chi connectivity index (χ1n) is 21.0. The summed E-state index contributed by atoms with van der Waals surface area (Å²) in [5.74, 6) is -3.32. The molecule has 0 radical (unpaired) electrons. The molecule has 1 saturated carbocycles. The Balaban J connectivity index is 1.25. The van der Waals surface area contributed by atoms with E-state index in [0.29, 0.717) is 42.6 Å². The van der Waals surface area contributed by atoms with E-state index in [1.165, 1.54) is 21.0 Å². The number of benzene rings is 4. The minimum atomic E-state index is -3.72. The third-order valence-corrected chi connectivity index (χ3v) is 13.0. The van der Waals surface area contributed by atoms with Crippen LogP contribution in [0.4, 0.5) is 0 Å². The van der Waals surface area contributed by atoms with E-state index in [1.807, 2.05) is 30.3 Å². The lowest BCUT2D eigenvalue weighted by atomic mass is 9.80. The highest BCUT2D eigenvalue weighted by Gasteiger charge is 2.43. The van der Waals surface area contributed by atoms with Crippen LogP contribution in [0.1, 0.15) is 75.5 Å². The average molecular weight is 885 g/mol. The normalized spacial score (nSPS) is 15.7. The number of phenolic OH excluding ortho intramolecular Hbond substituents is 1. The number of aryl methyl sites for hydroxylation is 1. The monoisotopic (exact) mass is 884 g/mol. The van der Waals surface area contributed by atoms with E-state index in [9.17, 15) is 38.4 Å². The van der Waals surface area contributed by atoms with E-state index in [1.54, 1.807) is 60.7 Å². The van der Waals surface area contributed by atoms with Crippen molar-refractivity contribution in [2.75, 3.05) is 13.7 Å². The van der Waals surface area contributed by atoms with Gasteiger partial charge in [-0.2, -0.15) is 0 Å². The number of fused-ring (bicyclic) bond motifs is 1. The van der Waals surface area contributed by atoms with Gasteiger partial charge < -0.3 is 41.4 Å². The highest BCUT2D eigenvalue weighted by atomic mass is 31.2. The Morgan fingerprint density at radius 3 is 2.16 bits per heavy atom. The van der Waals surface area contributed by atoms with Gasteiger partial charge in [0, 0.05) is 25.5 Å². The van der Waals surface area contributed by atoms with E-state index in [2.05, 4.69) is 26.4 Å². The maximum Gasteiger partial charge on any atom is 0.323 e. The van der Waals surface area contributed by atoms with Gasteiger partial charge in [0.25, 0.3) is 0 Å². The number of esters is 1. The first-order chi connectivity index (χ1) is 30.1. The van der Waals surface area contributed by atoms with Crippen molar-refractivity contribution in [1.29, 1.82) is 0 Å². The Morgan fingerprint density at radius 2 is 1.49 bits per heavy atom. The van der Waals surface area contributed by atoms with E-state index < -0.39 is 73.1 Å². The van der Waals surface area contributed by atoms with Crippen LogP contribution in [-0.4, -0.2) is 77.9 Å². The Labute approximate surface area is 366 Å². The highest BCUT2D eigenvalue weighted by Crippen LogP contribution is 2.47. The van der Waals surface area contributed by atoms with Crippen molar-refractivity contribution in [2.24, 2.45) is 5.73 Å². The zero-order valence-corrected chi connectivity index (χ0v) is 36.7. The number of phenols is 1. The van der Waals surface area contributed by atoms with E-state index in [-0.39, 0.29) is 37.7 Å². The molecule has 63 heavy (non-hydrogen) atoms. The predicted octanol–water partition coefficient (Wildman–Crippen LogP) is 4.44. The van der Waals surface area contributed by atoms with Crippen molar-refractivity contribution >= 4 is 53.8 Å². The second-order valence-electron chi connectivity index (χ2n) is 15.9. The average Bonchev–Trinajstić information content (AvgIpc) is 3.25. The Hall–Kier alpha value is -6.25. The first kappa shape index (κ1) is 47.8. The van der Waals surface area contributed by atoms with Crippen LogP contribution in [0.3, 0.4) is 0 Å². The van der Waals surface area contributed by atoms with Crippen LogP contribution in [-0.2, 0) is 57.1 Å². The lowest BCUT2D eigenvalue weighted by Gasteiger charge is -2.38. The highest BCUT2D eigenvalue weighted by molar-refractivity contribution is 7.56. The van der Waals surface area contributed by atoms with Crippen molar-refractivity contribution < 1.29 is 47.7 Å². The number of nitrogens with two attached hydrogens (primary N) is 1. The van der Waals surface area contributed by atoms with Gasteiger partial charge in [-0.05, 0) is 72.7 Å². The molecular formula is C46H57N6O10P. The molecule has 1 fully saturated rings. The molecule has 0 saturated heterocycles. The molecule has 336 valence electrons. The van der Waals surface area contributed by atoms with Gasteiger partial charge in [0.05, 0.1) is 19.7 Å². The summed E-state index contributed by atoms with van der Waals surface area (Å²) in [6.07, 6.45) is 2.86. The molecule has 8 N–H and O–H groups in total. The summed E-state index contributed by atoms with van der Waals surface area (Å²) in [5.41, 5.74) is 6.04. The fraction of sp³-hybridized carbons (Fsp3) is 0.391. The molecule has 0 aromatic heterocycles. The van der Waals surface area contributed by atoms with Crippen LogP contribution in [0, 0.1) is 0 Å². The van der Waals surface area contributed by atoms with Crippen molar-refractivity contribution in [2.45, 2.75) is 101 Å². The van der Waals surface area contributed by atoms with Gasteiger partial charge in [-0.15, -0.1) is 0 Å². The van der Waals surface area contributed by atoms with Gasteiger partial charge in [0.1, 0.15) is 35.2 Å². The topological polar surface area (TPSA) is 244 Å². The third-order valence-electron chi connectivity index (χ3n) is 10.9. The fourth-order valence-corrected chi connectivity index (χ4v) is 9.83. The summed E-state index contributed by atoms with van der Waals surface area (Å²) in [4.78, 5) is 78.5. The van der Waals surface area contributed by atoms with Gasteiger partial charge in [-0.3, -0.25) is 33.3 Å². The van der Waals surface area contributed by atoms with Gasteiger partial charge in [-0.1, -0.05) is 92.1 Å². The quantitative estimate of drug-likeness (QED) is 0.0350. The number of carbonyl (C=O) groups excluding carboxylic acids is 6. The zero-order valence-electron chi connectivity index (χ0n) is 35.8. The molecule has 1 aliphatic rings. The summed E-state index contributed by atoms with van der Waals surface area (Å²) < 4.78 is 24.8. The van der Waals surface area contributed by atoms with Crippen LogP contribution in [0.25, 0.3) is 10.8 Å². The Bertz CT molecular complexity index is 2300. The molecule has 0 bridgehead atoms. The van der Waals surface area contributed by atoms with E-state index >= 15 is 0 Å². The molecule has 5 amide bonds. The Kier molecular flexibility index (Phi) is 16.8. The lowest BCUT2D eigenvalue weighted by Crippen LogP contribution is -2.65. The Morgan fingerprint density at radius 1 is 0.825 bits per heavy atom. The number of carbonyl (C=O) groups is 6. The molecule has 4 atom stereocenters. The number of para-hydroxylation sites is 1. The standard InChI is InChI=1S/C46H57N6O10P/c1-30(44(58)61-3)52-63(60,62-35-14-6-4-7-15-35)29-33-20-18-32(19-21-33)27-38(49-31(2)53)43(57)51-46(24-10-5-11-25-46)45(59)50-39(28-41(47)55)42(56)48-26-12-17-37-36-16-9-8-13-34(36)22-23-40(37)54/h4,6-9,13-16,18-23,30,38-39,54H,5,10-12,17,24-29H2,1-3H3,(H2,47,55)(H,48,56)(H,49,53)(H,50,59)(H,51,57)(H,52,60)/t30-,38-,39-,63?/m0/s1. The van der Waals surface area contributed by atoms with Crippen molar-refractivity contribution in [1.82, 2.24) is 26.4 Å². The zero-order chi connectivity index (χ0) is 45.6. The second-order valence-corrected chi connectivity index (χ2v) is 18.0. The van der Waals surface area contributed by atoms with Crippen LogP contribution in [0.5, 0.6) is 11.5 Å². The maximum absolute atomic E-state index is 14.2. The molecule has 0 aliphatic heterocycles. The summed E-state index contributed by atoms with van der Waals surface area (Å²) >= 11 is 0. The van der Waals surface area contributed by atoms with Crippen molar-refractivity contribution in [3.63, 3.8) is 0 Å².